The van der Waals surface area contributed by atoms with Crippen LogP contribution in [0.3, 0.4) is 0 Å². The van der Waals surface area contributed by atoms with Crippen LogP contribution in [0, 0.1) is 5.82 Å². The SMILES string of the molecule is COCc1c(C(=O)N2CCCC[C@@H]2CN(C)C)sc2cccc(F)c12. The van der Waals surface area contributed by atoms with Crippen molar-refractivity contribution in [2.45, 2.75) is 31.9 Å². The Hall–Kier alpha value is -1.50. The molecule has 3 rings (SSSR count). The Morgan fingerprint density at radius 3 is 2.92 bits per heavy atom. The largest absolute Gasteiger partial charge is 0.380 e. The van der Waals surface area contributed by atoms with Crippen molar-refractivity contribution in [1.29, 1.82) is 0 Å². The van der Waals surface area contributed by atoms with Crippen LogP contribution in [0.5, 0.6) is 0 Å². The molecule has 0 unspecified atom stereocenters. The molecule has 1 aromatic heterocycles. The van der Waals surface area contributed by atoms with Crippen LogP contribution in [-0.2, 0) is 11.3 Å². The molecule has 0 bridgehead atoms. The van der Waals surface area contributed by atoms with Gasteiger partial charge < -0.3 is 14.5 Å². The molecular weight excluding hydrogens is 339 g/mol. The zero-order chi connectivity index (χ0) is 18.0. The first kappa shape index (κ1) is 18.3. The summed E-state index contributed by atoms with van der Waals surface area (Å²) in [6, 6.07) is 5.21. The van der Waals surface area contributed by atoms with E-state index in [1.807, 2.05) is 25.1 Å². The van der Waals surface area contributed by atoms with Gasteiger partial charge in [0.1, 0.15) is 5.82 Å². The lowest BCUT2D eigenvalue weighted by atomic mass is 10.0. The van der Waals surface area contributed by atoms with Crippen molar-refractivity contribution in [3.8, 4) is 0 Å². The predicted octanol–water partition coefficient (Wildman–Crippen LogP) is 3.74. The summed E-state index contributed by atoms with van der Waals surface area (Å²) in [7, 11) is 5.64. The maximum atomic E-state index is 14.4. The van der Waals surface area contributed by atoms with Gasteiger partial charge in [-0.25, -0.2) is 4.39 Å². The molecule has 1 amide bonds. The summed E-state index contributed by atoms with van der Waals surface area (Å²) in [5.41, 5.74) is 0.680. The monoisotopic (exact) mass is 364 g/mol. The fourth-order valence-electron chi connectivity index (χ4n) is 3.63. The summed E-state index contributed by atoms with van der Waals surface area (Å²) in [6.45, 7) is 1.86. The molecule has 1 aliphatic heterocycles. The van der Waals surface area contributed by atoms with Gasteiger partial charge in [0.15, 0.2) is 0 Å². The van der Waals surface area contributed by atoms with Gasteiger partial charge in [-0.2, -0.15) is 0 Å². The lowest BCUT2D eigenvalue weighted by Gasteiger charge is -2.37. The van der Waals surface area contributed by atoms with Crippen molar-refractivity contribution in [3.63, 3.8) is 0 Å². The number of rotatable bonds is 5. The molecule has 1 atom stereocenters. The predicted molar refractivity (Wildman–Crippen MR) is 99.7 cm³/mol. The van der Waals surface area contributed by atoms with E-state index < -0.39 is 0 Å². The molecule has 25 heavy (non-hydrogen) atoms. The van der Waals surface area contributed by atoms with Crippen LogP contribution >= 0.6 is 11.3 Å². The molecule has 136 valence electrons. The van der Waals surface area contributed by atoms with Gasteiger partial charge >= 0.3 is 0 Å². The van der Waals surface area contributed by atoms with E-state index in [0.717, 1.165) is 37.1 Å². The van der Waals surface area contributed by atoms with Crippen LogP contribution in [0.4, 0.5) is 4.39 Å². The number of nitrogens with zero attached hydrogens (tertiary/aromatic N) is 2. The number of carbonyl (C=O) groups is 1. The van der Waals surface area contributed by atoms with Gasteiger partial charge in [0, 0.05) is 41.9 Å². The van der Waals surface area contributed by atoms with Gasteiger partial charge in [-0.3, -0.25) is 4.79 Å². The number of likely N-dealkylation sites (tertiary alicyclic amines) is 1. The fraction of sp³-hybridized carbons (Fsp3) is 0.526. The van der Waals surface area contributed by atoms with E-state index in [2.05, 4.69) is 4.90 Å². The third-order valence-electron chi connectivity index (χ3n) is 4.71. The van der Waals surface area contributed by atoms with Crippen molar-refractivity contribution in [2.75, 3.05) is 34.3 Å². The number of amides is 1. The van der Waals surface area contributed by atoms with Crippen LogP contribution in [0.1, 0.15) is 34.5 Å². The third kappa shape index (κ3) is 3.71. The Morgan fingerprint density at radius 2 is 2.20 bits per heavy atom. The molecule has 0 saturated carbocycles. The summed E-state index contributed by atoms with van der Waals surface area (Å²) in [6.07, 6.45) is 3.19. The molecule has 4 nitrogen and oxygen atoms in total. The average Bonchev–Trinajstić information content (AvgIpc) is 2.94. The number of benzene rings is 1. The molecular formula is C19H25FN2O2S. The minimum Gasteiger partial charge on any atom is -0.380 e. The number of methoxy groups -OCH3 is 1. The second-order valence-electron chi connectivity index (χ2n) is 6.87. The minimum absolute atomic E-state index is 0.0131. The molecule has 1 saturated heterocycles. The lowest BCUT2D eigenvalue weighted by molar-refractivity contribution is 0.0576. The molecule has 0 N–H and O–H groups in total. The van der Waals surface area contributed by atoms with Crippen LogP contribution in [0.2, 0.25) is 0 Å². The molecule has 6 heteroatoms. The minimum atomic E-state index is -0.289. The van der Waals surface area contributed by atoms with E-state index in [-0.39, 0.29) is 24.4 Å². The van der Waals surface area contributed by atoms with Crippen LogP contribution in [-0.4, -0.2) is 56.0 Å². The number of thiophene rings is 1. The Balaban J connectivity index is 2.00. The quantitative estimate of drug-likeness (QED) is 0.810. The highest BCUT2D eigenvalue weighted by molar-refractivity contribution is 7.21. The summed E-state index contributed by atoms with van der Waals surface area (Å²) in [5.74, 6) is -0.275. The first-order valence-electron chi connectivity index (χ1n) is 8.67. The number of ether oxygens (including phenoxy) is 1. The average molecular weight is 364 g/mol. The molecule has 0 spiro atoms. The van der Waals surface area contributed by atoms with Gasteiger partial charge in [0.2, 0.25) is 0 Å². The number of halogens is 1. The summed E-state index contributed by atoms with van der Waals surface area (Å²) >= 11 is 1.38. The van der Waals surface area contributed by atoms with E-state index in [1.165, 1.54) is 17.4 Å². The van der Waals surface area contributed by atoms with Crippen molar-refractivity contribution in [1.82, 2.24) is 9.80 Å². The second-order valence-corrected chi connectivity index (χ2v) is 7.92. The molecule has 1 fully saturated rings. The van der Waals surface area contributed by atoms with Gasteiger partial charge in [-0.05, 0) is 45.5 Å². The Morgan fingerprint density at radius 1 is 1.40 bits per heavy atom. The highest BCUT2D eigenvalue weighted by Gasteiger charge is 2.31. The molecule has 0 aliphatic carbocycles. The van der Waals surface area contributed by atoms with Crippen LogP contribution in [0.15, 0.2) is 18.2 Å². The lowest BCUT2D eigenvalue weighted by Crippen LogP contribution is -2.48. The third-order valence-corrected chi connectivity index (χ3v) is 5.90. The summed E-state index contributed by atoms with van der Waals surface area (Å²) in [4.78, 5) is 18.0. The fourth-order valence-corrected chi connectivity index (χ4v) is 4.81. The van der Waals surface area contributed by atoms with Gasteiger partial charge in [-0.1, -0.05) is 6.07 Å². The topological polar surface area (TPSA) is 32.8 Å². The van der Waals surface area contributed by atoms with Gasteiger partial charge in [-0.15, -0.1) is 11.3 Å². The molecule has 0 radical (unpaired) electrons. The first-order valence-corrected chi connectivity index (χ1v) is 9.49. The Kier molecular flexibility index (Phi) is 5.71. The molecule has 1 aromatic carbocycles. The second kappa shape index (κ2) is 7.81. The van der Waals surface area contributed by atoms with E-state index >= 15 is 0 Å². The van der Waals surface area contributed by atoms with Crippen molar-refractivity contribution in [3.05, 3.63) is 34.5 Å². The maximum Gasteiger partial charge on any atom is 0.264 e. The van der Waals surface area contributed by atoms with Crippen LogP contribution in [0.25, 0.3) is 10.1 Å². The molecule has 1 aliphatic rings. The molecule has 2 aromatic rings. The smallest absolute Gasteiger partial charge is 0.264 e. The number of hydrogen-bond acceptors (Lipinski definition) is 4. The van der Waals surface area contributed by atoms with E-state index in [1.54, 1.807) is 13.2 Å². The number of fused-ring (bicyclic) bond motifs is 1. The van der Waals surface area contributed by atoms with Crippen molar-refractivity contribution >= 4 is 27.3 Å². The number of carbonyl (C=O) groups excluding carboxylic acids is 1. The highest BCUT2D eigenvalue weighted by Crippen LogP contribution is 2.35. The molecule has 2 heterocycles. The Labute approximate surface area is 152 Å². The van der Waals surface area contributed by atoms with E-state index in [0.29, 0.717) is 15.8 Å². The number of piperidine rings is 1. The zero-order valence-electron chi connectivity index (χ0n) is 15.0. The van der Waals surface area contributed by atoms with Crippen molar-refractivity contribution < 1.29 is 13.9 Å². The first-order chi connectivity index (χ1) is 12.0. The van der Waals surface area contributed by atoms with E-state index in [4.69, 9.17) is 4.74 Å². The zero-order valence-corrected chi connectivity index (χ0v) is 15.9. The maximum absolute atomic E-state index is 14.4. The normalized spacial score (nSPS) is 18.3. The van der Waals surface area contributed by atoms with E-state index in [9.17, 15) is 9.18 Å². The number of hydrogen-bond donors (Lipinski definition) is 0. The summed E-state index contributed by atoms with van der Waals surface area (Å²) in [5, 5.41) is 0.527. The van der Waals surface area contributed by atoms with Gasteiger partial charge in [0.05, 0.1) is 11.5 Å². The Bertz CT molecular complexity index is 759. The van der Waals surface area contributed by atoms with Crippen molar-refractivity contribution in [2.24, 2.45) is 0 Å². The highest BCUT2D eigenvalue weighted by atomic mass is 32.1. The summed E-state index contributed by atoms with van der Waals surface area (Å²) < 4.78 is 20.4. The number of likely N-dealkylation sites (N-methyl/N-ethyl adjacent to an activating group) is 1. The van der Waals surface area contributed by atoms with Gasteiger partial charge in [0.25, 0.3) is 5.91 Å². The van der Waals surface area contributed by atoms with Crippen LogP contribution < -0.4 is 0 Å². The standard InChI is InChI=1S/C19H25FN2O2S/c1-21(2)11-13-7-4-5-10-22(13)19(23)18-14(12-24-3)17-15(20)8-6-9-16(17)25-18/h6,8-9,13H,4-5,7,10-12H2,1-3H3/t13-/m1/s1.